The maximum atomic E-state index is 11.6. The number of hydrogen-bond donors (Lipinski definition) is 2. The number of benzene rings is 1. The molecule has 2 amide bonds. The minimum absolute atomic E-state index is 0.187. The van der Waals surface area contributed by atoms with Crippen molar-refractivity contribution >= 4 is 33.8 Å². The molecule has 1 aromatic rings. The second kappa shape index (κ2) is 7.74. The molecule has 2 N–H and O–H groups in total. The van der Waals surface area contributed by atoms with E-state index in [-0.39, 0.29) is 11.8 Å². The normalized spacial score (nSPS) is 12.2. The molecule has 1 unspecified atom stereocenters. The van der Waals surface area contributed by atoms with Gasteiger partial charge in [-0.2, -0.15) is 0 Å². The Hall–Kier alpha value is -1.62. The molecule has 1 atom stereocenters. The van der Waals surface area contributed by atoms with E-state index in [0.29, 0.717) is 6.54 Å². The first kappa shape index (κ1) is 15.4. The second-order valence-electron chi connectivity index (χ2n) is 4.01. The fourth-order valence-electron chi connectivity index (χ4n) is 1.40. The van der Waals surface area contributed by atoms with Crippen molar-refractivity contribution in [1.29, 1.82) is 0 Å². The Morgan fingerprint density at radius 2 is 1.95 bits per heavy atom. The van der Waals surface area contributed by atoms with Crippen molar-refractivity contribution in [3.8, 4) is 0 Å². The Kier molecular flexibility index (Phi) is 6.29. The molecule has 0 aliphatic heterocycles. The Balaban J connectivity index is 2.51. The number of likely N-dealkylation sites (N-methyl/N-ethyl adjacent to an activating group) is 1. The predicted octanol–water partition coefficient (Wildman–Crippen LogP) is 2.10. The molecule has 5 heteroatoms. The Morgan fingerprint density at radius 1 is 1.32 bits per heavy atom. The molecule has 0 radical (unpaired) electrons. The smallest absolute Gasteiger partial charge is 0.244 e. The summed E-state index contributed by atoms with van der Waals surface area (Å²) in [6.07, 6.45) is 3.12. The Morgan fingerprint density at radius 3 is 2.53 bits per heavy atom. The first-order valence-corrected chi connectivity index (χ1v) is 6.84. The van der Waals surface area contributed by atoms with Crippen LogP contribution in [0.2, 0.25) is 0 Å². The van der Waals surface area contributed by atoms with Crippen molar-refractivity contribution < 1.29 is 9.59 Å². The minimum atomic E-state index is -0.540. The van der Waals surface area contributed by atoms with Gasteiger partial charge in [-0.25, -0.2) is 0 Å². The fourth-order valence-corrected chi connectivity index (χ4v) is 1.66. The highest BCUT2D eigenvalue weighted by molar-refractivity contribution is 9.10. The lowest BCUT2D eigenvalue weighted by Crippen LogP contribution is -2.44. The average molecular weight is 325 g/mol. The lowest BCUT2D eigenvalue weighted by Gasteiger charge is -2.11. The largest absolute Gasteiger partial charge is 0.355 e. The number of rotatable bonds is 5. The first-order valence-electron chi connectivity index (χ1n) is 6.04. The van der Waals surface area contributed by atoms with Gasteiger partial charge in [0.05, 0.1) is 0 Å². The molecule has 0 heterocycles. The summed E-state index contributed by atoms with van der Waals surface area (Å²) in [6.45, 7) is 4.03. The van der Waals surface area contributed by atoms with Crippen molar-refractivity contribution in [3.63, 3.8) is 0 Å². The zero-order chi connectivity index (χ0) is 14.3. The topological polar surface area (TPSA) is 58.2 Å². The van der Waals surface area contributed by atoms with Crippen molar-refractivity contribution in [2.45, 2.75) is 19.9 Å². The van der Waals surface area contributed by atoms with E-state index in [1.165, 1.54) is 6.08 Å². The summed E-state index contributed by atoms with van der Waals surface area (Å²) < 4.78 is 0.985. The van der Waals surface area contributed by atoms with Crippen molar-refractivity contribution in [2.24, 2.45) is 0 Å². The van der Waals surface area contributed by atoms with Crippen molar-refractivity contribution in [1.82, 2.24) is 10.6 Å². The SMILES string of the molecule is CCNC(=O)C(C)NC(=O)/C=C/c1ccc(Br)cc1. The van der Waals surface area contributed by atoms with Crippen LogP contribution >= 0.6 is 15.9 Å². The van der Waals surface area contributed by atoms with Gasteiger partial charge in [0, 0.05) is 17.1 Å². The average Bonchev–Trinajstić information content (AvgIpc) is 2.38. The van der Waals surface area contributed by atoms with E-state index in [9.17, 15) is 9.59 Å². The summed E-state index contributed by atoms with van der Waals surface area (Å²) in [5.74, 6) is -0.477. The Bertz CT molecular complexity index is 469. The minimum Gasteiger partial charge on any atom is -0.355 e. The zero-order valence-electron chi connectivity index (χ0n) is 10.9. The molecule has 0 saturated heterocycles. The van der Waals surface area contributed by atoms with Gasteiger partial charge in [-0.3, -0.25) is 9.59 Å². The molecule has 0 aliphatic carbocycles. The molecule has 4 nitrogen and oxygen atoms in total. The van der Waals surface area contributed by atoms with Gasteiger partial charge in [-0.15, -0.1) is 0 Å². The van der Waals surface area contributed by atoms with Gasteiger partial charge in [-0.05, 0) is 37.6 Å². The summed E-state index contributed by atoms with van der Waals surface area (Å²) >= 11 is 3.34. The fraction of sp³-hybridized carbons (Fsp3) is 0.286. The van der Waals surface area contributed by atoms with Crippen LogP contribution in [0.1, 0.15) is 19.4 Å². The third kappa shape index (κ3) is 5.70. The maximum Gasteiger partial charge on any atom is 0.244 e. The van der Waals surface area contributed by atoms with Crippen LogP contribution in [0.15, 0.2) is 34.8 Å². The monoisotopic (exact) mass is 324 g/mol. The summed E-state index contributed by atoms with van der Waals surface area (Å²) in [7, 11) is 0. The van der Waals surface area contributed by atoms with Crippen LogP contribution in [-0.2, 0) is 9.59 Å². The van der Waals surface area contributed by atoms with Crippen LogP contribution in [-0.4, -0.2) is 24.4 Å². The number of carbonyl (C=O) groups excluding carboxylic acids is 2. The van der Waals surface area contributed by atoms with E-state index in [1.807, 2.05) is 31.2 Å². The van der Waals surface area contributed by atoms with E-state index in [1.54, 1.807) is 13.0 Å². The highest BCUT2D eigenvalue weighted by atomic mass is 79.9. The number of nitrogens with one attached hydrogen (secondary N) is 2. The van der Waals surface area contributed by atoms with Gasteiger partial charge in [0.25, 0.3) is 0 Å². The van der Waals surface area contributed by atoms with Crippen molar-refractivity contribution in [2.75, 3.05) is 6.54 Å². The summed E-state index contributed by atoms with van der Waals surface area (Å²) in [5.41, 5.74) is 0.920. The van der Waals surface area contributed by atoms with Crippen LogP contribution < -0.4 is 10.6 Å². The third-order valence-corrected chi connectivity index (χ3v) is 2.93. The van der Waals surface area contributed by atoms with Gasteiger partial charge in [0.15, 0.2) is 0 Å². The molecule has 102 valence electrons. The van der Waals surface area contributed by atoms with Gasteiger partial charge in [0.1, 0.15) is 6.04 Å². The first-order chi connectivity index (χ1) is 9.02. The Labute approximate surface area is 121 Å². The van der Waals surface area contributed by atoms with E-state index in [4.69, 9.17) is 0 Å². The van der Waals surface area contributed by atoms with E-state index in [0.717, 1.165) is 10.0 Å². The molecule has 0 bridgehead atoms. The number of hydrogen-bond acceptors (Lipinski definition) is 2. The molecule has 0 aromatic heterocycles. The third-order valence-electron chi connectivity index (χ3n) is 2.40. The van der Waals surface area contributed by atoms with Gasteiger partial charge in [0.2, 0.25) is 11.8 Å². The lowest BCUT2D eigenvalue weighted by atomic mass is 10.2. The molecular weight excluding hydrogens is 308 g/mol. The quantitative estimate of drug-likeness (QED) is 0.815. The van der Waals surface area contributed by atoms with E-state index in [2.05, 4.69) is 26.6 Å². The molecule has 0 saturated carbocycles. The second-order valence-corrected chi connectivity index (χ2v) is 4.93. The molecular formula is C14H17BrN2O2. The summed E-state index contributed by atoms with van der Waals surface area (Å²) in [5, 5.41) is 5.25. The molecule has 19 heavy (non-hydrogen) atoms. The molecule has 1 aromatic carbocycles. The van der Waals surface area contributed by atoms with Crippen LogP contribution in [0.4, 0.5) is 0 Å². The summed E-state index contributed by atoms with van der Waals surface area (Å²) in [4.78, 5) is 23.1. The zero-order valence-corrected chi connectivity index (χ0v) is 12.5. The van der Waals surface area contributed by atoms with Crippen LogP contribution in [0.5, 0.6) is 0 Å². The van der Waals surface area contributed by atoms with E-state index >= 15 is 0 Å². The van der Waals surface area contributed by atoms with Crippen LogP contribution in [0.3, 0.4) is 0 Å². The number of amides is 2. The van der Waals surface area contributed by atoms with Crippen LogP contribution in [0, 0.1) is 0 Å². The maximum absolute atomic E-state index is 11.6. The number of halogens is 1. The molecule has 0 aliphatic rings. The molecule has 0 fully saturated rings. The van der Waals surface area contributed by atoms with Crippen molar-refractivity contribution in [3.05, 3.63) is 40.4 Å². The standard InChI is InChI=1S/C14H17BrN2O2/c1-3-16-14(19)10(2)17-13(18)9-6-11-4-7-12(15)8-5-11/h4-10H,3H2,1-2H3,(H,16,19)(H,17,18)/b9-6+. The predicted molar refractivity (Wildman–Crippen MR) is 79.5 cm³/mol. The highest BCUT2D eigenvalue weighted by Crippen LogP contribution is 2.11. The van der Waals surface area contributed by atoms with Gasteiger partial charge in [-0.1, -0.05) is 28.1 Å². The number of carbonyl (C=O) groups is 2. The summed E-state index contributed by atoms with van der Waals surface area (Å²) in [6, 6.07) is 7.04. The van der Waals surface area contributed by atoms with E-state index < -0.39 is 6.04 Å². The van der Waals surface area contributed by atoms with Crippen LogP contribution in [0.25, 0.3) is 6.08 Å². The highest BCUT2D eigenvalue weighted by Gasteiger charge is 2.12. The van der Waals surface area contributed by atoms with Gasteiger partial charge >= 0.3 is 0 Å². The molecule has 1 rings (SSSR count). The van der Waals surface area contributed by atoms with Gasteiger partial charge < -0.3 is 10.6 Å². The molecule has 0 spiro atoms. The lowest BCUT2D eigenvalue weighted by molar-refractivity contribution is -0.126.